The van der Waals surface area contributed by atoms with Crippen molar-refractivity contribution in [2.45, 2.75) is 19.3 Å². The maximum Gasteiger partial charge on any atom is 0.318 e. The lowest BCUT2D eigenvalue weighted by Crippen LogP contribution is -2.29. The molecule has 1 unspecified atom stereocenters. The van der Waals surface area contributed by atoms with E-state index in [1.807, 2.05) is 0 Å². The lowest BCUT2D eigenvalue weighted by atomic mass is 9.84. The SMILES string of the molecule is CCC(c1cccc([N+](=O)[O-])c1)C(C(=O)O)C(=O)O. The molecule has 0 radical (unpaired) electrons. The Bertz CT molecular complexity index is 499. The van der Waals surface area contributed by atoms with Gasteiger partial charge in [0.2, 0.25) is 0 Å². The second-order valence-corrected chi connectivity index (χ2v) is 4.02. The smallest absolute Gasteiger partial charge is 0.318 e. The van der Waals surface area contributed by atoms with Crippen molar-refractivity contribution in [1.82, 2.24) is 0 Å². The summed E-state index contributed by atoms with van der Waals surface area (Å²) in [5, 5.41) is 28.6. The first-order valence-corrected chi connectivity index (χ1v) is 5.58. The summed E-state index contributed by atoms with van der Waals surface area (Å²) >= 11 is 0. The minimum Gasteiger partial charge on any atom is -0.481 e. The van der Waals surface area contributed by atoms with Gasteiger partial charge >= 0.3 is 11.9 Å². The van der Waals surface area contributed by atoms with Crippen molar-refractivity contribution in [3.63, 3.8) is 0 Å². The zero-order valence-corrected chi connectivity index (χ0v) is 10.1. The fourth-order valence-electron chi connectivity index (χ4n) is 1.98. The van der Waals surface area contributed by atoms with Gasteiger partial charge in [-0.2, -0.15) is 0 Å². The molecule has 0 saturated carbocycles. The monoisotopic (exact) mass is 267 g/mol. The average Bonchev–Trinajstić information content (AvgIpc) is 2.34. The Balaban J connectivity index is 3.22. The number of nitro groups is 1. The molecule has 1 rings (SSSR count). The second kappa shape index (κ2) is 5.94. The van der Waals surface area contributed by atoms with E-state index in [0.29, 0.717) is 5.56 Å². The molecule has 1 aromatic rings. The summed E-state index contributed by atoms with van der Waals surface area (Å²) in [6, 6.07) is 5.40. The van der Waals surface area contributed by atoms with E-state index in [2.05, 4.69) is 0 Å². The molecule has 1 aromatic carbocycles. The molecule has 0 bridgehead atoms. The first-order chi connectivity index (χ1) is 8.88. The van der Waals surface area contributed by atoms with Crippen LogP contribution in [0.4, 0.5) is 5.69 Å². The van der Waals surface area contributed by atoms with Gasteiger partial charge in [-0.3, -0.25) is 19.7 Å². The summed E-state index contributed by atoms with van der Waals surface area (Å²) < 4.78 is 0. The number of carboxylic acid groups (broad SMARTS) is 2. The summed E-state index contributed by atoms with van der Waals surface area (Å²) in [4.78, 5) is 32.1. The van der Waals surface area contributed by atoms with Gasteiger partial charge in [0.1, 0.15) is 0 Å². The summed E-state index contributed by atoms with van der Waals surface area (Å²) in [7, 11) is 0. The van der Waals surface area contributed by atoms with Crippen molar-refractivity contribution in [2.75, 3.05) is 0 Å². The number of carbonyl (C=O) groups is 2. The zero-order chi connectivity index (χ0) is 14.6. The molecule has 0 aliphatic rings. The average molecular weight is 267 g/mol. The Morgan fingerprint density at radius 1 is 1.32 bits per heavy atom. The van der Waals surface area contributed by atoms with Crippen molar-refractivity contribution in [3.8, 4) is 0 Å². The first-order valence-electron chi connectivity index (χ1n) is 5.58. The molecule has 0 saturated heterocycles. The topological polar surface area (TPSA) is 118 Å². The van der Waals surface area contributed by atoms with Crippen LogP contribution in [0.3, 0.4) is 0 Å². The summed E-state index contributed by atoms with van der Waals surface area (Å²) in [6.45, 7) is 1.64. The van der Waals surface area contributed by atoms with Crippen LogP contribution in [0, 0.1) is 16.0 Å². The van der Waals surface area contributed by atoms with Gasteiger partial charge in [-0.25, -0.2) is 0 Å². The molecule has 0 aliphatic heterocycles. The van der Waals surface area contributed by atoms with Crippen LogP contribution in [-0.2, 0) is 9.59 Å². The van der Waals surface area contributed by atoms with E-state index in [9.17, 15) is 19.7 Å². The highest BCUT2D eigenvalue weighted by Gasteiger charge is 2.35. The third-order valence-electron chi connectivity index (χ3n) is 2.88. The van der Waals surface area contributed by atoms with E-state index in [0.717, 1.165) is 0 Å². The Labute approximate surface area is 108 Å². The highest BCUT2D eigenvalue weighted by atomic mass is 16.6. The Kier molecular flexibility index (Phi) is 4.57. The second-order valence-electron chi connectivity index (χ2n) is 4.02. The standard InChI is InChI=1S/C12H13NO6/c1-2-9(10(11(14)15)12(16)17)7-4-3-5-8(6-7)13(18)19/h3-6,9-10H,2H2,1H3,(H,14,15)(H,16,17). The number of benzene rings is 1. The van der Waals surface area contributed by atoms with Crippen molar-refractivity contribution in [2.24, 2.45) is 5.92 Å². The van der Waals surface area contributed by atoms with Gasteiger partial charge in [0.05, 0.1) is 4.92 Å². The molecule has 7 nitrogen and oxygen atoms in total. The number of carboxylic acids is 2. The molecule has 7 heteroatoms. The van der Waals surface area contributed by atoms with E-state index in [-0.39, 0.29) is 12.1 Å². The molecule has 0 aliphatic carbocycles. The molecule has 102 valence electrons. The van der Waals surface area contributed by atoms with Crippen LogP contribution in [0.15, 0.2) is 24.3 Å². The van der Waals surface area contributed by atoms with Crippen LogP contribution in [0.2, 0.25) is 0 Å². The third kappa shape index (κ3) is 3.27. The molecule has 0 fully saturated rings. The van der Waals surface area contributed by atoms with Crippen molar-refractivity contribution < 1.29 is 24.7 Å². The maximum atomic E-state index is 11.0. The number of hydrogen-bond donors (Lipinski definition) is 2. The van der Waals surface area contributed by atoms with Crippen LogP contribution in [0.25, 0.3) is 0 Å². The summed E-state index contributed by atoms with van der Waals surface area (Å²) in [6.07, 6.45) is 0.254. The third-order valence-corrected chi connectivity index (χ3v) is 2.88. The van der Waals surface area contributed by atoms with Crippen molar-refractivity contribution >= 4 is 17.6 Å². The predicted molar refractivity (Wildman–Crippen MR) is 64.9 cm³/mol. The van der Waals surface area contributed by atoms with Crippen LogP contribution in [0.5, 0.6) is 0 Å². The maximum absolute atomic E-state index is 11.0. The Morgan fingerprint density at radius 2 is 1.89 bits per heavy atom. The summed E-state index contributed by atoms with van der Waals surface area (Å²) in [5.41, 5.74) is 0.150. The lowest BCUT2D eigenvalue weighted by Gasteiger charge is -2.19. The normalized spacial score (nSPS) is 12.1. The Hall–Kier alpha value is -2.44. The Morgan fingerprint density at radius 3 is 2.32 bits per heavy atom. The number of non-ortho nitro benzene ring substituents is 1. The molecule has 0 amide bonds. The van der Waals surface area contributed by atoms with E-state index in [4.69, 9.17) is 10.2 Å². The fraction of sp³-hybridized carbons (Fsp3) is 0.333. The molecule has 1 atom stereocenters. The zero-order valence-electron chi connectivity index (χ0n) is 10.1. The van der Waals surface area contributed by atoms with E-state index < -0.39 is 28.7 Å². The molecule has 0 aromatic heterocycles. The minimum absolute atomic E-state index is 0.189. The van der Waals surface area contributed by atoms with Crippen molar-refractivity contribution in [3.05, 3.63) is 39.9 Å². The molecule has 0 spiro atoms. The largest absolute Gasteiger partial charge is 0.481 e. The molecular weight excluding hydrogens is 254 g/mol. The van der Waals surface area contributed by atoms with Gasteiger partial charge in [0.15, 0.2) is 5.92 Å². The van der Waals surface area contributed by atoms with E-state index in [1.54, 1.807) is 6.92 Å². The molecular formula is C12H13NO6. The quantitative estimate of drug-likeness (QED) is 0.461. The van der Waals surface area contributed by atoms with Crippen LogP contribution in [-0.4, -0.2) is 27.1 Å². The van der Waals surface area contributed by atoms with Crippen molar-refractivity contribution in [1.29, 1.82) is 0 Å². The highest BCUT2D eigenvalue weighted by molar-refractivity contribution is 5.94. The number of hydrogen-bond acceptors (Lipinski definition) is 4. The number of rotatable bonds is 6. The van der Waals surface area contributed by atoms with Crippen LogP contribution in [0.1, 0.15) is 24.8 Å². The van der Waals surface area contributed by atoms with Crippen LogP contribution >= 0.6 is 0 Å². The van der Waals surface area contributed by atoms with E-state index >= 15 is 0 Å². The van der Waals surface area contributed by atoms with Gasteiger partial charge < -0.3 is 10.2 Å². The number of nitro benzene ring substituents is 1. The van der Waals surface area contributed by atoms with E-state index in [1.165, 1.54) is 24.3 Å². The van der Waals surface area contributed by atoms with Gasteiger partial charge in [0, 0.05) is 18.1 Å². The number of nitrogens with zero attached hydrogens (tertiary/aromatic N) is 1. The van der Waals surface area contributed by atoms with Gasteiger partial charge in [-0.15, -0.1) is 0 Å². The predicted octanol–water partition coefficient (Wildman–Crippen LogP) is 1.87. The number of aliphatic carboxylic acids is 2. The van der Waals surface area contributed by atoms with Gasteiger partial charge in [-0.05, 0) is 12.0 Å². The summed E-state index contributed by atoms with van der Waals surface area (Å²) in [5.74, 6) is -5.33. The van der Waals surface area contributed by atoms with Crippen LogP contribution < -0.4 is 0 Å². The minimum atomic E-state index is -1.62. The fourth-order valence-corrected chi connectivity index (χ4v) is 1.98. The molecule has 0 heterocycles. The lowest BCUT2D eigenvalue weighted by molar-refractivity contribution is -0.384. The highest BCUT2D eigenvalue weighted by Crippen LogP contribution is 2.30. The van der Waals surface area contributed by atoms with Gasteiger partial charge in [0.25, 0.3) is 5.69 Å². The van der Waals surface area contributed by atoms with Gasteiger partial charge in [-0.1, -0.05) is 19.1 Å². The first kappa shape index (κ1) is 14.6. The molecule has 2 N–H and O–H groups in total. The molecule has 19 heavy (non-hydrogen) atoms.